The molecule has 0 radical (unpaired) electrons. The Morgan fingerprint density at radius 3 is 2.87 bits per heavy atom. The van der Waals surface area contributed by atoms with Gasteiger partial charge in [-0.1, -0.05) is 24.3 Å². The monoisotopic (exact) mass is 310 g/mol. The van der Waals surface area contributed by atoms with Crippen LogP contribution in [0.15, 0.2) is 61.3 Å². The van der Waals surface area contributed by atoms with Crippen LogP contribution in [0.4, 0.5) is 0 Å². The molecule has 2 rings (SSSR count). The normalized spacial score (nSPS) is 10.1. The number of carbonyl (C=O) groups excluding carboxylic acids is 1. The molecule has 0 bridgehead atoms. The average Bonchev–Trinajstić information content (AvgIpc) is 2.56. The van der Waals surface area contributed by atoms with E-state index in [1.165, 1.54) is 0 Å². The fourth-order valence-corrected chi connectivity index (χ4v) is 2.30. The van der Waals surface area contributed by atoms with Crippen molar-refractivity contribution in [2.24, 2.45) is 0 Å². The molecule has 2 aromatic rings. The summed E-state index contributed by atoms with van der Waals surface area (Å²) >= 11 is 0. The zero-order valence-electron chi connectivity index (χ0n) is 13.4. The summed E-state index contributed by atoms with van der Waals surface area (Å²) in [6.07, 6.45) is 3.73. The summed E-state index contributed by atoms with van der Waals surface area (Å²) in [7, 11) is 0. The first-order valence-electron chi connectivity index (χ1n) is 7.73. The molecule has 0 atom stereocenters. The molecule has 0 aliphatic rings. The van der Waals surface area contributed by atoms with Crippen molar-refractivity contribution in [3.63, 3.8) is 0 Å². The Hall–Kier alpha value is -2.62. The van der Waals surface area contributed by atoms with Crippen LogP contribution in [-0.4, -0.2) is 28.9 Å². The fraction of sp³-hybridized carbons (Fsp3) is 0.263. The van der Waals surface area contributed by atoms with Gasteiger partial charge in [-0.05, 0) is 36.8 Å². The minimum atomic E-state index is 0.0328. The first-order valence-corrected chi connectivity index (χ1v) is 7.73. The van der Waals surface area contributed by atoms with Gasteiger partial charge < -0.3 is 9.64 Å². The van der Waals surface area contributed by atoms with Crippen molar-refractivity contribution in [1.29, 1.82) is 0 Å². The van der Waals surface area contributed by atoms with E-state index >= 15 is 0 Å². The Bertz CT molecular complexity index is 641. The molecular weight excluding hydrogens is 288 g/mol. The Labute approximate surface area is 137 Å². The van der Waals surface area contributed by atoms with Crippen molar-refractivity contribution in [3.05, 3.63) is 72.6 Å². The molecule has 4 heteroatoms. The van der Waals surface area contributed by atoms with Crippen LogP contribution < -0.4 is 4.74 Å². The summed E-state index contributed by atoms with van der Waals surface area (Å²) in [4.78, 5) is 18.5. The number of carbonyl (C=O) groups is 1. The molecule has 0 saturated carbocycles. The molecule has 120 valence electrons. The topological polar surface area (TPSA) is 42.4 Å². The van der Waals surface area contributed by atoms with Gasteiger partial charge in [0, 0.05) is 25.0 Å². The second-order valence-electron chi connectivity index (χ2n) is 5.14. The second kappa shape index (κ2) is 8.73. The van der Waals surface area contributed by atoms with Gasteiger partial charge in [-0.3, -0.25) is 9.78 Å². The second-order valence-corrected chi connectivity index (χ2v) is 5.14. The van der Waals surface area contributed by atoms with Gasteiger partial charge in [0.05, 0.1) is 13.0 Å². The highest BCUT2D eigenvalue weighted by molar-refractivity contribution is 5.78. The van der Waals surface area contributed by atoms with Crippen molar-refractivity contribution in [2.75, 3.05) is 13.2 Å². The van der Waals surface area contributed by atoms with E-state index < -0.39 is 0 Å². The summed E-state index contributed by atoms with van der Waals surface area (Å²) in [5.41, 5.74) is 1.81. The molecule has 0 unspecified atom stereocenters. The molecule has 0 aliphatic heterocycles. The molecule has 0 saturated heterocycles. The van der Waals surface area contributed by atoms with Gasteiger partial charge in [0.25, 0.3) is 0 Å². The van der Waals surface area contributed by atoms with Crippen LogP contribution in [0.3, 0.4) is 0 Å². The van der Waals surface area contributed by atoms with Gasteiger partial charge in [0.15, 0.2) is 0 Å². The maximum atomic E-state index is 12.5. The van der Waals surface area contributed by atoms with Gasteiger partial charge in [-0.2, -0.15) is 0 Å². The lowest BCUT2D eigenvalue weighted by Gasteiger charge is -2.21. The van der Waals surface area contributed by atoms with Gasteiger partial charge in [-0.15, -0.1) is 6.58 Å². The zero-order valence-corrected chi connectivity index (χ0v) is 13.4. The first kappa shape index (κ1) is 16.7. The van der Waals surface area contributed by atoms with Crippen molar-refractivity contribution >= 4 is 5.91 Å². The van der Waals surface area contributed by atoms with Gasteiger partial charge in [0.2, 0.25) is 5.91 Å². The lowest BCUT2D eigenvalue weighted by atomic mass is 10.1. The van der Waals surface area contributed by atoms with Crippen LogP contribution in [0, 0.1) is 0 Å². The van der Waals surface area contributed by atoms with E-state index in [0.29, 0.717) is 26.1 Å². The Kier molecular flexibility index (Phi) is 6.36. The smallest absolute Gasteiger partial charge is 0.229 e. The SMILES string of the molecule is C=CCN(Cc1cccc(OCC)c1)C(=O)Cc1ccccn1. The molecule has 0 aliphatic carbocycles. The van der Waals surface area contributed by atoms with Crippen LogP contribution in [0.2, 0.25) is 0 Å². The standard InChI is InChI=1S/C19H22N2O2/c1-3-12-21(19(22)14-17-9-5-6-11-20-17)15-16-8-7-10-18(13-16)23-4-2/h3,5-11,13H,1,4,12,14-15H2,2H3. The van der Waals surface area contributed by atoms with Crippen LogP contribution in [0.1, 0.15) is 18.2 Å². The van der Waals surface area contributed by atoms with Crippen LogP contribution in [0.25, 0.3) is 0 Å². The molecular formula is C19H22N2O2. The molecule has 1 aromatic heterocycles. The number of amides is 1. The summed E-state index contributed by atoms with van der Waals surface area (Å²) in [5, 5.41) is 0. The first-order chi connectivity index (χ1) is 11.2. The number of hydrogen-bond donors (Lipinski definition) is 0. The molecule has 1 aromatic carbocycles. The van der Waals surface area contributed by atoms with Crippen molar-refractivity contribution in [3.8, 4) is 5.75 Å². The minimum Gasteiger partial charge on any atom is -0.494 e. The molecule has 1 heterocycles. The number of pyridine rings is 1. The summed E-state index contributed by atoms with van der Waals surface area (Å²) in [5.74, 6) is 0.853. The molecule has 0 spiro atoms. The van der Waals surface area contributed by atoms with E-state index in [1.807, 2.05) is 49.4 Å². The number of aromatic nitrogens is 1. The predicted molar refractivity (Wildman–Crippen MR) is 91.2 cm³/mol. The third kappa shape index (κ3) is 5.25. The third-order valence-corrected chi connectivity index (χ3v) is 3.34. The lowest BCUT2D eigenvalue weighted by Crippen LogP contribution is -2.32. The van der Waals surface area contributed by atoms with Gasteiger partial charge in [-0.25, -0.2) is 0 Å². The Morgan fingerprint density at radius 1 is 1.30 bits per heavy atom. The predicted octanol–water partition coefficient (Wildman–Crippen LogP) is 3.24. The Balaban J connectivity index is 2.07. The van der Waals surface area contributed by atoms with Crippen molar-refractivity contribution in [1.82, 2.24) is 9.88 Å². The summed E-state index contributed by atoms with van der Waals surface area (Å²) < 4.78 is 5.51. The fourth-order valence-electron chi connectivity index (χ4n) is 2.30. The van der Waals surface area contributed by atoms with E-state index in [2.05, 4.69) is 11.6 Å². The highest BCUT2D eigenvalue weighted by Crippen LogP contribution is 2.15. The number of ether oxygens (including phenoxy) is 1. The Morgan fingerprint density at radius 2 is 2.17 bits per heavy atom. The van der Waals surface area contributed by atoms with E-state index in [4.69, 9.17) is 4.74 Å². The van der Waals surface area contributed by atoms with Gasteiger partial charge >= 0.3 is 0 Å². The largest absolute Gasteiger partial charge is 0.494 e. The maximum Gasteiger partial charge on any atom is 0.229 e. The van der Waals surface area contributed by atoms with E-state index in [9.17, 15) is 4.79 Å². The van der Waals surface area contributed by atoms with Crippen molar-refractivity contribution in [2.45, 2.75) is 19.9 Å². The average molecular weight is 310 g/mol. The molecule has 4 nitrogen and oxygen atoms in total. The zero-order chi connectivity index (χ0) is 16.5. The number of hydrogen-bond acceptors (Lipinski definition) is 3. The van der Waals surface area contributed by atoms with E-state index in [0.717, 1.165) is 17.0 Å². The van der Waals surface area contributed by atoms with Crippen LogP contribution in [-0.2, 0) is 17.8 Å². The number of nitrogens with zero attached hydrogens (tertiary/aromatic N) is 2. The lowest BCUT2D eigenvalue weighted by molar-refractivity contribution is -0.130. The van der Waals surface area contributed by atoms with Crippen LogP contribution >= 0.6 is 0 Å². The maximum absolute atomic E-state index is 12.5. The summed E-state index contributed by atoms with van der Waals surface area (Å²) in [6.45, 7) is 7.35. The van der Waals surface area contributed by atoms with E-state index in [-0.39, 0.29) is 5.91 Å². The molecule has 1 amide bonds. The quantitative estimate of drug-likeness (QED) is 0.703. The minimum absolute atomic E-state index is 0.0328. The van der Waals surface area contributed by atoms with Crippen molar-refractivity contribution < 1.29 is 9.53 Å². The summed E-state index contributed by atoms with van der Waals surface area (Å²) in [6, 6.07) is 13.4. The molecule has 0 N–H and O–H groups in total. The number of benzene rings is 1. The molecule has 0 fully saturated rings. The van der Waals surface area contributed by atoms with Gasteiger partial charge in [0.1, 0.15) is 5.75 Å². The number of rotatable bonds is 8. The highest BCUT2D eigenvalue weighted by Gasteiger charge is 2.14. The third-order valence-electron chi connectivity index (χ3n) is 3.34. The highest BCUT2D eigenvalue weighted by atomic mass is 16.5. The van der Waals surface area contributed by atoms with E-state index in [1.54, 1.807) is 17.2 Å². The molecule has 23 heavy (non-hydrogen) atoms. The van der Waals surface area contributed by atoms with Crippen LogP contribution in [0.5, 0.6) is 5.75 Å².